The minimum Gasteiger partial charge on any atom is -0.436 e. The van der Waals surface area contributed by atoms with Crippen molar-refractivity contribution in [1.82, 2.24) is 0 Å². The Morgan fingerprint density at radius 3 is 2.67 bits per heavy atom. The Kier molecular flexibility index (Phi) is 5.05. The van der Waals surface area contributed by atoms with Gasteiger partial charge in [0.25, 0.3) is 0 Å². The van der Waals surface area contributed by atoms with Crippen molar-refractivity contribution >= 4 is 5.97 Å². The number of carbonyl (C=O) groups is 1. The highest BCUT2D eigenvalue weighted by atomic mass is 16.8. The minimum atomic E-state index is -0.423. The Labute approximate surface area is 90.9 Å². The van der Waals surface area contributed by atoms with Crippen LogP contribution in [0.2, 0.25) is 0 Å². The second-order valence-electron chi connectivity index (χ2n) is 4.26. The standard InChI is InChI=1S/C11H20O4/c1-8(2)7-13-10-5-4-6-11(15-10)14-9(3)12/h8,10-11H,4-7H2,1-3H3/t10-,11+/m1/s1. The monoisotopic (exact) mass is 216 g/mol. The normalized spacial score (nSPS) is 26.7. The number of hydrogen-bond acceptors (Lipinski definition) is 4. The molecule has 0 bridgehead atoms. The van der Waals surface area contributed by atoms with Gasteiger partial charge in [0.1, 0.15) is 0 Å². The third kappa shape index (κ3) is 5.14. The van der Waals surface area contributed by atoms with Gasteiger partial charge in [-0.3, -0.25) is 4.79 Å². The van der Waals surface area contributed by atoms with Gasteiger partial charge in [-0.25, -0.2) is 0 Å². The second-order valence-corrected chi connectivity index (χ2v) is 4.26. The summed E-state index contributed by atoms with van der Waals surface area (Å²) in [6.45, 7) is 6.25. The predicted octanol–water partition coefficient (Wildman–Crippen LogP) is 2.07. The van der Waals surface area contributed by atoms with Gasteiger partial charge < -0.3 is 14.2 Å². The van der Waals surface area contributed by atoms with Crippen molar-refractivity contribution < 1.29 is 19.0 Å². The molecule has 1 aliphatic heterocycles. The van der Waals surface area contributed by atoms with Gasteiger partial charge in [-0.1, -0.05) is 13.8 Å². The van der Waals surface area contributed by atoms with Crippen LogP contribution in [0.25, 0.3) is 0 Å². The quantitative estimate of drug-likeness (QED) is 0.675. The molecule has 1 rings (SSSR count). The van der Waals surface area contributed by atoms with Gasteiger partial charge in [0, 0.05) is 13.3 Å². The summed E-state index contributed by atoms with van der Waals surface area (Å²) in [6, 6.07) is 0. The van der Waals surface area contributed by atoms with E-state index in [2.05, 4.69) is 13.8 Å². The van der Waals surface area contributed by atoms with E-state index in [0.29, 0.717) is 12.5 Å². The minimum absolute atomic E-state index is 0.217. The Morgan fingerprint density at radius 2 is 2.07 bits per heavy atom. The molecule has 0 unspecified atom stereocenters. The fourth-order valence-electron chi connectivity index (χ4n) is 1.45. The van der Waals surface area contributed by atoms with Crippen molar-refractivity contribution in [2.75, 3.05) is 6.61 Å². The summed E-state index contributed by atoms with van der Waals surface area (Å²) in [6.07, 6.45) is 1.98. The van der Waals surface area contributed by atoms with E-state index in [0.717, 1.165) is 19.3 Å². The lowest BCUT2D eigenvalue weighted by Crippen LogP contribution is -2.33. The van der Waals surface area contributed by atoms with E-state index < -0.39 is 6.29 Å². The van der Waals surface area contributed by atoms with Crippen molar-refractivity contribution in [2.24, 2.45) is 5.92 Å². The molecule has 88 valence electrons. The summed E-state index contributed by atoms with van der Waals surface area (Å²) in [5.74, 6) is 0.187. The molecule has 4 heteroatoms. The van der Waals surface area contributed by atoms with Crippen LogP contribution in [0.15, 0.2) is 0 Å². The fraction of sp³-hybridized carbons (Fsp3) is 0.909. The first-order valence-electron chi connectivity index (χ1n) is 5.52. The van der Waals surface area contributed by atoms with Crippen LogP contribution < -0.4 is 0 Å². The fourth-order valence-corrected chi connectivity index (χ4v) is 1.45. The van der Waals surface area contributed by atoms with Gasteiger partial charge in [-0.05, 0) is 18.8 Å². The molecule has 0 aliphatic carbocycles. The van der Waals surface area contributed by atoms with E-state index in [9.17, 15) is 4.79 Å². The smallest absolute Gasteiger partial charge is 0.304 e. The first-order valence-corrected chi connectivity index (χ1v) is 5.52. The molecular weight excluding hydrogens is 196 g/mol. The molecule has 0 N–H and O–H groups in total. The number of ether oxygens (including phenoxy) is 3. The molecule has 0 saturated carbocycles. The maximum atomic E-state index is 10.7. The highest BCUT2D eigenvalue weighted by molar-refractivity contribution is 5.66. The molecule has 0 aromatic rings. The Balaban J connectivity index is 2.25. The average Bonchev–Trinajstić information content (AvgIpc) is 2.14. The number of carbonyl (C=O) groups excluding carboxylic acids is 1. The Bertz CT molecular complexity index is 203. The first-order chi connectivity index (χ1) is 7.08. The topological polar surface area (TPSA) is 44.8 Å². The lowest BCUT2D eigenvalue weighted by Gasteiger charge is -2.29. The van der Waals surface area contributed by atoms with E-state index >= 15 is 0 Å². The molecule has 0 radical (unpaired) electrons. The molecule has 0 aromatic heterocycles. The zero-order chi connectivity index (χ0) is 11.3. The molecule has 1 aliphatic rings. The van der Waals surface area contributed by atoms with Gasteiger partial charge in [-0.2, -0.15) is 0 Å². The van der Waals surface area contributed by atoms with E-state index in [-0.39, 0.29) is 12.3 Å². The molecule has 4 nitrogen and oxygen atoms in total. The molecule has 0 spiro atoms. The molecule has 0 amide bonds. The SMILES string of the molecule is CC(=O)O[C@@H]1CCC[C@H](OCC(C)C)O1. The van der Waals surface area contributed by atoms with Gasteiger partial charge in [0.2, 0.25) is 6.29 Å². The zero-order valence-corrected chi connectivity index (χ0v) is 9.69. The third-order valence-corrected chi connectivity index (χ3v) is 2.10. The first kappa shape index (κ1) is 12.5. The van der Waals surface area contributed by atoms with Crippen LogP contribution in [0.5, 0.6) is 0 Å². The summed E-state index contributed by atoms with van der Waals surface area (Å²) in [5, 5.41) is 0. The van der Waals surface area contributed by atoms with Crippen molar-refractivity contribution in [3.8, 4) is 0 Å². The highest BCUT2D eigenvalue weighted by Crippen LogP contribution is 2.21. The lowest BCUT2D eigenvalue weighted by molar-refractivity contribution is -0.261. The molecule has 1 fully saturated rings. The zero-order valence-electron chi connectivity index (χ0n) is 9.69. The van der Waals surface area contributed by atoms with Crippen molar-refractivity contribution in [3.63, 3.8) is 0 Å². The summed E-state index contributed by atoms with van der Waals surface area (Å²) in [4.78, 5) is 10.7. The largest absolute Gasteiger partial charge is 0.436 e. The molecule has 1 saturated heterocycles. The second kappa shape index (κ2) is 6.08. The van der Waals surface area contributed by atoms with Crippen LogP contribution in [0.1, 0.15) is 40.0 Å². The molecule has 1 heterocycles. The van der Waals surface area contributed by atoms with Crippen molar-refractivity contribution in [3.05, 3.63) is 0 Å². The molecule has 15 heavy (non-hydrogen) atoms. The molecule has 2 atom stereocenters. The van der Waals surface area contributed by atoms with Crippen LogP contribution in [-0.4, -0.2) is 25.2 Å². The van der Waals surface area contributed by atoms with Crippen LogP contribution >= 0.6 is 0 Å². The molecule has 0 aromatic carbocycles. The van der Waals surface area contributed by atoms with Crippen LogP contribution in [0.4, 0.5) is 0 Å². The summed E-state index contributed by atoms with van der Waals surface area (Å²) in [7, 11) is 0. The maximum Gasteiger partial charge on any atom is 0.304 e. The third-order valence-electron chi connectivity index (χ3n) is 2.10. The van der Waals surface area contributed by atoms with Gasteiger partial charge >= 0.3 is 5.97 Å². The van der Waals surface area contributed by atoms with E-state index in [1.807, 2.05) is 0 Å². The summed E-state index contributed by atoms with van der Waals surface area (Å²) in [5.41, 5.74) is 0. The number of hydrogen-bond donors (Lipinski definition) is 0. The van der Waals surface area contributed by atoms with Crippen LogP contribution in [-0.2, 0) is 19.0 Å². The summed E-state index contributed by atoms with van der Waals surface area (Å²) >= 11 is 0. The molecular formula is C11H20O4. The Morgan fingerprint density at radius 1 is 1.40 bits per heavy atom. The van der Waals surface area contributed by atoms with Crippen molar-refractivity contribution in [1.29, 1.82) is 0 Å². The highest BCUT2D eigenvalue weighted by Gasteiger charge is 2.24. The van der Waals surface area contributed by atoms with Gasteiger partial charge in [0.15, 0.2) is 6.29 Å². The van der Waals surface area contributed by atoms with E-state index in [4.69, 9.17) is 14.2 Å². The maximum absolute atomic E-state index is 10.7. The van der Waals surface area contributed by atoms with Gasteiger partial charge in [0.05, 0.1) is 6.61 Å². The van der Waals surface area contributed by atoms with Crippen LogP contribution in [0.3, 0.4) is 0 Å². The lowest BCUT2D eigenvalue weighted by atomic mass is 10.2. The van der Waals surface area contributed by atoms with E-state index in [1.54, 1.807) is 0 Å². The number of esters is 1. The average molecular weight is 216 g/mol. The van der Waals surface area contributed by atoms with Gasteiger partial charge in [-0.15, -0.1) is 0 Å². The predicted molar refractivity (Wildman–Crippen MR) is 55.1 cm³/mol. The number of rotatable bonds is 4. The summed E-state index contributed by atoms with van der Waals surface area (Å²) < 4.78 is 16.0. The van der Waals surface area contributed by atoms with Crippen LogP contribution in [0, 0.1) is 5.92 Å². The Hall–Kier alpha value is -0.610. The van der Waals surface area contributed by atoms with Crippen molar-refractivity contribution in [2.45, 2.75) is 52.6 Å². The van der Waals surface area contributed by atoms with E-state index in [1.165, 1.54) is 6.92 Å².